The Morgan fingerprint density at radius 3 is 2.73 bits per heavy atom. The lowest BCUT2D eigenvalue weighted by Crippen LogP contribution is -2.26. The fourth-order valence-corrected chi connectivity index (χ4v) is 2.96. The third-order valence-corrected chi connectivity index (χ3v) is 3.72. The highest BCUT2D eigenvalue weighted by molar-refractivity contribution is 8.93. The maximum absolute atomic E-state index is 8.20. The van der Waals surface area contributed by atoms with Crippen LogP contribution in [0.4, 0.5) is 0 Å². The van der Waals surface area contributed by atoms with E-state index in [1.54, 1.807) is 0 Å². The van der Waals surface area contributed by atoms with Crippen molar-refractivity contribution < 1.29 is 0 Å². The molecule has 82 valence electrons. The van der Waals surface area contributed by atoms with Crippen molar-refractivity contribution in [3.8, 4) is 0 Å². The van der Waals surface area contributed by atoms with E-state index >= 15 is 0 Å². The van der Waals surface area contributed by atoms with Crippen LogP contribution in [0.15, 0.2) is 16.3 Å². The van der Waals surface area contributed by atoms with Crippen LogP contribution in [0.3, 0.4) is 0 Å². The number of fused-ring (bicyclic) bond motifs is 1. The van der Waals surface area contributed by atoms with E-state index < -0.39 is 0 Å². The van der Waals surface area contributed by atoms with E-state index in [1.807, 2.05) is 0 Å². The molecule has 1 unspecified atom stereocenters. The second kappa shape index (κ2) is 4.20. The zero-order chi connectivity index (χ0) is 9.54. The van der Waals surface area contributed by atoms with Gasteiger partial charge in [0.2, 0.25) is 0 Å². The maximum atomic E-state index is 8.20. The summed E-state index contributed by atoms with van der Waals surface area (Å²) in [5.74, 6) is 0.409. The van der Waals surface area contributed by atoms with E-state index in [4.69, 9.17) is 10.4 Å². The van der Waals surface area contributed by atoms with Crippen molar-refractivity contribution in [1.82, 2.24) is 0 Å². The monoisotopic (exact) mass is 268 g/mol. The quantitative estimate of drug-likeness (QED) is 0.696. The average molecular weight is 269 g/mol. The first-order chi connectivity index (χ1) is 6.86. The number of hydrogen-bond donors (Lipinski definition) is 1. The summed E-state index contributed by atoms with van der Waals surface area (Å²) >= 11 is 0. The molecule has 15 heavy (non-hydrogen) atoms. The summed E-state index contributed by atoms with van der Waals surface area (Å²) in [5, 5.41) is 8.20. The van der Waals surface area contributed by atoms with E-state index in [2.05, 4.69) is 0 Å². The van der Waals surface area contributed by atoms with Crippen LogP contribution in [0.5, 0.6) is 0 Å². The van der Waals surface area contributed by atoms with Crippen molar-refractivity contribution >= 4 is 28.4 Å². The molecule has 2 nitrogen and oxygen atoms in total. The van der Waals surface area contributed by atoms with Crippen LogP contribution in [0.2, 0.25) is 0 Å². The van der Waals surface area contributed by atoms with Crippen LogP contribution in [0, 0.1) is 11.3 Å². The number of nitrogens with one attached hydrogen (secondary N) is 1. The molecule has 0 amide bonds. The lowest BCUT2D eigenvalue weighted by molar-refractivity contribution is 0.669. The first-order valence-corrected chi connectivity index (χ1v) is 5.74. The molecule has 0 bridgehead atoms. The van der Waals surface area contributed by atoms with Crippen molar-refractivity contribution in [2.45, 2.75) is 44.9 Å². The molecule has 0 aromatic carbocycles. The standard InChI is InChI=1S/C12H16N2.BrH/c13-12-8-4-1-2-6-10(8)14-11-7-3-5-9(11)12;/h9,13H,1-7H2;1H. The van der Waals surface area contributed by atoms with E-state index in [0.29, 0.717) is 5.92 Å². The van der Waals surface area contributed by atoms with Crippen LogP contribution in [0.25, 0.3) is 0 Å². The van der Waals surface area contributed by atoms with Crippen molar-refractivity contribution in [2.75, 3.05) is 0 Å². The van der Waals surface area contributed by atoms with Gasteiger partial charge in [-0.2, -0.15) is 0 Å². The fourth-order valence-electron chi connectivity index (χ4n) is 2.96. The molecule has 2 aliphatic carbocycles. The van der Waals surface area contributed by atoms with Gasteiger partial charge in [-0.25, -0.2) is 0 Å². The SMILES string of the molecule is Br.N=C1C2=C(CCCC2)N=C2CCCC12. The molecule has 0 radical (unpaired) electrons. The predicted molar refractivity (Wildman–Crippen MR) is 68.3 cm³/mol. The highest BCUT2D eigenvalue weighted by Crippen LogP contribution is 2.37. The first-order valence-electron chi connectivity index (χ1n) is 5.74. The topological polar surface area (TPSA) is 36.2 Å². The van der Waals surface area contributed by atoms with Gasteiger partial charge in [0.15, 0.2) is 0 Å². The molecule has 3 aliphatic rings. The summed E-state index contributed by atoms with van der Waals surface area (Å²) in [4.78, 5) is 4.77. The second-order valence-electron chi connectivity index (χ2n) is 4.59. The molecule has 1 aliphatic heterocycles. The second-order valence-corrected chi connectivity index (χ2v) is 4.59. The Kier molecular flexibility index (Phi) is 3.10. The maximum Gasteiger partial charge on any atom is 0.0453 e. The number of rotatable bonds is 0. The number of hydrogen-bond acceptors (Lipinski definition) is 2. The summed E-state index contributed by atoms with van der Waals surface area (Å²) in [6.07, 6.45) is 8.33. The Morgan fingerprint density at radius 1 is 1.07 bits per heavy atom. The van der Waals surface area contributed by atoms with Crippen LogP contribution in [0.1, 0.15) is 44.9 Å². The fraction of sp³-hybridized carbons (Fsp3) is 0.667. The van der Waals surface area contributed by atoms with Gasteiger partial charge in [0.1, 0.15) is 0 Å². The van der Waals surface area contributed by atoms with Crippen molar-refractivity contribution in [1.29, 1.82) is 5.41 Å². The van der Waals surface area contributed by atoms with Crippen molar-refractivity contribution in [3.05, 3.63) is 11.3 Å². The minimum absolute atomic E-state index is 0. The first kappa shape index (κ1) is 11.1. The molecule has 0 aromatic heterocycles. The summed E-state index contributed by atoms with van der Waals surface area (Å²) in [7, 11) is 0. The Bertz CT molecular complexity index is 355. The molecule has 1 fully saturated rings. The molecule has 0 spiro atoms. The van der Waals surface area contributed by atoms with Gasteiger partial charge >= 0.3 is 0 Å². The van der Waals surface area contributed by atoms with E-state index in [0.717, 1.165) is 25.0 Å². The number of aliphatic imine (C=N–C) groups is 1. The molecular formula is C12H17BrN2. The molecule has 1 N–H and O–H groups in total. The molecule has 1 saturated carbocycles. The van der Waals surface area contributed by atoms with Crippen LogP contribution >= 0.6 is 17.0 Å². The van der Waals surface area contributed by atoms with Gasteiger partial charge in [-0.1, -0.05) is 0 Å². The highest BCUT2D eigenvalue weighted by atomic mass is 79.9. The van der Waals surface area contributed by atoms with Gasteiger partial charge in [0.25, 0.3) is 0 Å². The summed E-state index contributed by atoms with van der Waals surface area (Å²) in [5.41, 5.74) is 4.79. The molecule has 0 aromatic rings. The van der Waals surface area contributed by atoms with Gasteiger partial charge in [-0.3, -0.25) is 4.99 Å². The number of allylic oxidation sites excluding steroid dienone is 2. The number of halogens is 1. The van der Waals surface area contributed by atoms with E-state index in [9.17, 15) is 0 Å². The normalized spacial score (nSPS) is 29.2. The molecular weight excluding hydrogens is 252 g/mol. The van der Waals surface area contributed by atoms with Crippen molar-refractivity contribution in [3.63, 3.8) is 0 Å². The molecule has 1 heterocycles. The van der Waals surface area contributed by atoms with Crippen LogP contribution < -0.4 is 0 Å². The minimum Gasteiger partial charge on any atom is -0.304 e. The summed E-state index contributed by atoms with van der Waals surface area (Å²) < 4.78 is 0. The van der Waals surface area contributed by atoms with E-state index in [1.165, 1.54) is 42.7 Å². The molecule has 3 rings (SSSR count). The van der Waals surface area contributed by atoms with Crippen LogP contribution in [-0.2, 0) is 0 Å². The molecule has 1 atom stereocenters. The zero-order valence-corrected chi connectivity index (χ0v) is 10.6. The molecule has 3 heteroatoms. The smallest absolute Gasteiger partial charge is 0.0453 e. The third-order valence-electron chi connectivity index (χ3n) is 3.72. The lowest BCUT2D eigenvalue weighted by Gasteiger charge is -2.26. The lowest BCUT2D eigenvalue weighted by atomic mass is 9.83. The Morgan fingerprint density at radius 2 is 1.87 bits per heavy atom. The Labute approximate surface area is 101 Å². The highest BCUT2D eigenvalue weighted by Gasteiger charge is 2.33. The number of nitrogens with zero attached hydrogens (tertiary/aromatic N) is 1. The minimum atomic E-state index is 0. The summed E-state index contributed by atoms with van der Waals surface area (Å²) in [6.45, 7) is 0. The third kappa shape index (κ3) is 1.71. The van der Waals surface area contributed by atoms with Gasteiger partial charge < -0.3 is 5.41 Å². The van der Waals surface area contributed by atoms with Gasteiger partial charge in [0, 0.05) is 23.0 Å². The van der Waals surface area contributed by atoms with Crippen molar-refractivity contribution in [2.24, 2.45) is 10.9 Å². The Balaban J connectivity index is 0.000000853. The average Bonchev–Trinajstić information content (AvgIpc) is 2.66. The zero-order valence-electron chi connectivity index (χ0n) is 8.88. The van der Waals surface area contributed by atoms with E-state index in [-0.39, 0.29) is 17.0 Å². The summed E-state index contributed by atoms with van der Waals surface area (Å²) in [6, 6.07) is 0. The van der Waals surface area contributed by atoms with Gasteiger partial charge in [-0.05, 0) is 50.5 Å². The van der Waals surface area contributed by atoms with Gasteiger partial charge in [-0.15, -0.1) is 17.0 Å². The molecule has 0 saturated heterocycles. The van der Waals surface area contributed by atoms with Gasteiger partial charge in [0.05, 0.1) is 0 Å². The Hall–Kier alpha value is -0.440. The predicted octanol–water partition coefficient (Wildman–Crippen LogP) is 3.67. The van der Waals surface area contributed by atoms with Crippen LogP contribution in [-0.4, -0.2) is 11.4 Å². The largest absolute Gasteiger partial charge is 0.304 e.